The van der Waals surface area contributed by atoms with E-state index in [9.17, 15) is 8.42 Å². The first-order valence-corrected chi connectivity index (χ1v) is 5.64. The van der Waals surface area contributed by atoms with Crippen LogP contribution in [0.4, 0.5) is 0 Å². The molecule has 6 heteroatoms. The van der Waals surface area contributed by atoms with Crippen LogP contribution in [0.25, 0.3) is 0 Å². The normalized spacial score (nSPS) is 13.1. The van der Waals surface area contributed by atoms with Crippen LogP contribution in [0.15, 0.2) is 23.4 Å². The molecule has 1 aromatic rings. The van der Waals surface area contributed by atoms with E-state index in [1.165, 1.54) is 12.3 Å². The van der Waals surface area contributed by atoms with Gasteiger partial charge in [-0.1, -0.05) is 0 Å². The van der Waals surface area contributed by atoms with Crippen LogP contribution in [0.2, 0.25) is 0 Å². The van der Waals surface area contributed by atoms with Gasteiger partial charge in [-0.2, -0.15) is 0 Å². The fourth-order valence-corrected chi connectivity index (χ4v) is 2.31. The molecule has 0 aliphatic carbocycles. The van der Waals surface area contributed by atoms with Crippen molar-refractivity contribution in [3.8, 4) is 0 Å². The minimum absolute atomic E-state index is 0.0963. The van der Waals surface area contributed by atoms with Crippen molar-refractivity contribution in [3.05, 3.63) is 18.3 Å². The standard InChI is InChI=1S/C8H14N2O3S/c1-8(2,6-11)10-14(12,13)7-4-3-5-9-7/h3-5,9-11H,6H2,1-2H3. The largest absolute Gasteiger partial charge is 0.394 e. The molecule has 80 valence electrons. The molecule has 0 aliphatic heterocycles. The molecule has 1 aromatic heterocycles. The molecule has 0 spiro atoms. The molecule has 14 heavy (non-hydrogen) atoms. The van der Waals surface area contributed by atoms with Gasteiger partial charge in [-0.3, -0.25) is 0 Å². The number of H-pyrrole nitrogens is 1. The van der Waals surface area contributed by atoms with Gasteiger partial charge in [0.2, 0.25) is 0 Å². The molecule has 3 N–H and O–H groups in total. The number of aliphatic hydroxyl groups excluding tert-OH is 1. The predicted octanol–water partition coefficient (Wildman–Crippen LogP) is 0.0639. The van der Waals surface area contributed by atoms with E-state index in [2.05, 4.69) is 9.71 Å². The molecule has 0 radical (unpaired) electrons. The summed E-state index contributed by atoms with van der Waals surface area (Å²) in [5, 5.41) is 9.01. The van der Waals surface area contributed by atoms with E-state index in [0.29, 0.717) is 0 Å². The number of aromatic nitrogens is 1. The lowest BCUT2D eigenvalue weighted by Gasteiger charge is -2.22. The minimum Gasteiger partial charge on any atom is -0.394 e. The molecule has 0 aromatic carbocycles. The summed E-state index contributed by atoms with van der Waals surface area (Å²) in [4.78, 5) is 2.59. The monoisotopic (exact) mass is 218 g/mol. The molecule has 0 aliphatic rings. The van der Waals surface area contributed by atoms with Crippen LogP contribution in [0.1, 0.15) is 13.8 Å². The fourth-order valence-electron chi connectivity index (χ4n) is 0.932. The summed E-state index contributed by atoms with van der Waals surface area (Å²) >= 11 is 0. The number of rotatable bonds is 4. The Morgan fingerprint density at radius 1 is 1.57 bits per heavy atom. The van der Waals surface area contributed by atoms with Crippen LogP contribution in [-0.2, 0) is 10.0 Å². The molecule has 0 saturated carbocycles. The molecule has 0 atom stereocenters. The van der Waals surface area contributed by atoms with Crippen molar-refractivity contribution in [3.63, 3.8) is 0 Å². The summed E-state index contributed by atoms with van der Waals surface area (Å²) in [5.41, 5.74) is -0.857. The zero-order valence-electron chi connectivity index (χ0n) is 8.11. The van der Waals surface area contributed by atoms with Gasteiger partial charge in [0.15, 0.2) is 0 Å². The van der Waals surface area contributed by atoms with Crippen molar-refractivity contribution < 1.29 is 13.5 Å². The van der Waals surface area contributed by atoms with Crippen molar-refractivity contribution in [2.24, 2.45) is 0 Å². The van der Waals surface area contributed by atoms with Gasteiger partial charge in [-0.05, 0) is 26.0 Å². The van der Waals surface area contributed by atoms with E-state index >= 15 is 0 Å². The molecule has 1 heterocycles. The number of aliphatic hydroxyl groups is 1. The minimum atomic E-state index is -3.55. The number of hydrogen-bond acceptors (Lipinski definition) is 3. The van der Waals surface area contributed by atoms with Crippen LogP contribution in [0.5, 0.6) is 0 Å². The van der Waals surface area contributed by atoms with Gasteiger partial charge in [0.05, 0.1) is 12.1 Å². The SMILES string of the molecule is CC(C)(CO)NS(=O)(=O)c1ccc[nH]1. The predicted molar refractivity (Wildman–Crippen MR) is 52.3 cm³/mol. The summed E-state index contributed by atoms with van der Waals surface area (Å²) in [6.45, 7) is 2.95. The van der Waals surface area contributed by atoms with Crippen LogP contribution < -0.4 is 4.72 Å². The number of hydrogen-bond donors (Lipinski definition) is 3. The van der Waals surface area contributed by atoms with Crippen LogP contribution >= 0.6 is 0 Å². The summed E-state index contributed by atoms with van der Waals surface area (Å²) in [6, 6.07) is 3.05. The molecule has 0 fully saturated rings. The molecular weight excluding hydrogens is 204 g/mol. The van der Waals surface area contributed by atoms with Crippen LogP contribution in [-0.4, -0.2) is 30.7 Å². The van der Waals surface area contributed by atoms with Crippen molar-refractivity contribution in [2.45, 2.75) is 24.4 Å². The highest BCUT2D eigenvalue weighted by atomic mass is 32.2. The van der Waals surface area contributed by atoms with E-state index in [1.54, 1.807) is 19.9 Å². The Labute approximate surface area is 83.2 Å². The zero-order valence-corrected chi connectivity index (χ0v) is 8.93. The van der Waals surface area contributed by atoms with Crippen molar-refractivity contribution in [1.82, 2.24) is 9.71 Å². The molecule has 0 saturated heterocycles. The van der Waals surface area contributed by atoms with Gasteiger partial charge < -0.3 is 10.1 Å². The quantitative estimate of drug-likeness (QED) is 0.668. The summed E-state index contributed by atoms with van der Waals surface area (Å²) in [7, 11) is -3.55. The van der Waals surface area contributed by atoms with Crippen molar-refractivity contribution >= 4 is 10.0 Å². The Kier molecular flexibility index (Phi) is 2.98. The lowest BCUT2D eigenvalue weighted by atomic mass is 10.1. The summed E-state index contributed by atoms with van der Waals surface area (Å²) < 4.78 is 25.6. The Balaban J connectivity index is 2.89. The van der Waals surface area contributed by atoms with E-state index in [0.717, 1.165) is 0 Å². The second kappa shape index (κ2) is 3.72. The molecule has 1 rings (SSSR count). The lowest BCUT2D eigenvalue weighted by molar-refractivity contribution is 0.208. The molecule has 5 nitrogen and oxygen atoms in total. The van der Waals surface area contributed by atoms with Gasteiger partial charge in [0.1, 0.15) is 5.03 Å². The molecule has 0 amide bonds. The third-order valence-corrected chi connectivity index (χ3v) is 3.32. The summed E-state index contributed by atoms with van der Waals surface area (Å²) in [6.07, 6.45) is 1.53. The maximum Gasteiger partial charge on any atom is 0.256 e. The average molecular weight is 218 g/mol. The average Bonchev–Trinajstić information content (AvgIpc) is 2.54. The highest BCUT2D eigenvalue weighted by molar-refractivity contribution is 7.89. The van der Waals surface area contributed by atoms with Crippen LogP contribution in [0, 0.1) is 0 Å². The first kappa shape index (κ1) is 11.2. The molecule has 0 bridgehead atoms. The van der Waals surface area contributed by atoms with E-state index in [1.807, 2.05) is 0 Å². The smallest absolute Gasteiger partial charge is 0.256 e. The van der Waals surface area contributed by atoms with Gasteiger partial charge in [0.25, 0.3) is 10.0 Å². The van der Waals surface area contributed by atoms with E-state index in [4.69, 9.17) is 5.11 Å². The second-order valence-corrected chi connectivity index (χ2v) is 5.33. The topological polar surface area (TPSA) is 82.2 Å². The first-order chi connectivity index (χ1) is 6.37. The van der Waals surface area contributed by atoms with Gasteiger partial charge in [0, 0.05) is 6.20 Å². The number of sulfonamides is 1. The van der Waals surface area contributed by atoms with Crippen molar-refractivity contribution in [2.75, 3.05) is 6.61 Å². The fraction of sp³-hybridized carbons (Fsp3) is 0.500. The zero-order chi connectivity index (χ0) is 10.8. The van der Waals surface area contributed by atoms with Gasteiger partial charge in [-0.15, -0.1) is 0 Å². The lowest BCUT2D eigenvalue weighted by Crippen LogP contribution is -2.46. The van der Waals surface area contributed by atoms with E-state index in [-0.39, 0.29) is 11.6 Å². The third-order valence-electron chi connectivity index (χ3n) is 1.66. The van der Waals surface area contributed by atoms with Crippen molar-refractivity contribution in [1.29, 1.82) is 0 Å². The Bertz CT molecular complexity index is 381. The van der Waals surface area contributed by atoms with E-state index < -0.39 is 15.6 Å². The molecular formula is C8H14N2O3S. The second-order valence-electron chi connectivity index (χ2n) is 3.68. The Morgan fingerprint density at radius 3 is 2.64 bits per heavy atom. The highest BCUT2D eigenvalue weighted by Crippen LogP contribution is 2.09. The highest BCUT2D eigenvalue weighted by Gasteiger charge is 2.25. The summed E-state index contributed by atoms with van der Waals surface area (Å²) in [5.74, 6) is 0. The number of aromatic amines is 1. The molecule has 0 unspecified atom stereocenters. The van der Waals surface area contributed by atoms with Gasteiger partial charge in [-0.25, -0.2) is 13.1 Å². The first-order valence-electron chi connectivity index (χ1n) is 4.16. The Hall–Kier alpha value is -0.850. The maximum atomic E-state index is 11.6. The number of nitrogens with one attached hydrogen (secondary N) is 2. The third kappa shape index (κ3) is 2.57. The maximum absolute atomic E-state index is 11.6. The van der Waals surface area contributed by atoms with Gasteiger partial charge >= 0.3 is 0 Å². The Morgan fingerprint density at radius 2 is 2.21 bits per heavy atom. The van der Waals surface area contributed by atoms with Crippen LogP contribution in [0.3, 0.4) is 0 Å².